The topological polar surface area (TPSA) is 83.6 Å². The Bertz CT molecular complexity index is 518. The number of piperidine rings is 1. The molecule has 110 valence electrons. The molecular formula is C11H11F3N2O4. The van der Waals surface area contributed by atoms with Crippen molar-refractivity contribution in [3.05, 3.63) is 17.5 Å². The summed E-state index contributed by atoms with van der Waals surface area (Å²) in [7, 11) is 0. The highest BCUT2D eigenvalue weighted by molar-refractivity contribution is 5.88. The van der Waals surface area contributed by atoms with Crippen LogP contribution < -0.4 is 0 Å². The van der Waals surface area contributed by atoms with Gasteiger partial charge in [-0.05, 0) is 12.8 Å². The van der Waals surface area contributed by atoms with E-state index in [4.69, 9.17) is 5.11 Å². The summed E-state index contributed by atoms with van der Waals surface area (Å²) in [6, 6.07) is 0. The zero-order chi connectivity index (χ0) is 14.9. The van der Waals surface area contributed by atoms with Crippen LogP contribution in [-0.2, 0) is 4.79 Å². The lowest BCUT2D eigenvalue weighted by molar-refractivity contribution is -0.186. The van der Waals surface area contributed by atoms with Gasteiger partial charge in [-0.25, -0.2) is 4.79 Å². The van der Waals surface area contributed by atoms with Crippen molar-refractivity contribution < 1.29 is 32.4 Å². The van der Waals surface area contributed by atoms with E-state index < -0.39 is 18.1 Å². The van der Waals surface area contributed by atoms with E-state index in [-0.39, 0.29) is 43.1 Å². The molecule has 2 heterocycles. The first kappa shape index (κ1) is 14.4. The van der Waals surface area contributed by atoms with Gasteiger partial charge in [0, 0.05) is 19.0 Å². The molecule has 1 aliphatic rings. The molecule has 1 aliphatic heterocycles. The maximum atomic E-state index is 12.3. The minimum Gasteiger partial charge on any atom is -0.478 e. The molecule has 1 aromatic rings. The van der Waals surface area contributed by atoms with Crippen LogP contribution in [0.5, 0.6) is 0 Å². The molecule has 0 bridgehead atoms. The SMILES string of the molecule is O=C(O)c1conc1C1CCN(C(=O)C(F)(F)F)CC1. The molecule has 1 amide bonds. The third kappa shape index (κ3) is 2.75. The van der Waals surface area contributed by atoms with Crippen LogP contribution in [0.2, 0.25) is 0 Å². The number of hydrogen-bond acceptors (Lipinski definition) is 4. The highest BCUT2D eigenvalue weighted by atomic mass is 19.4. The zero-order valence-electron chi connectivity index (χ0n) is 10.2. The number of amides is 1. The van der Waals surface area contributed by atoms with Gasteiger partial charge < -0.3 is 14.5 Å². The summed E-state index contributed by atoms with van der Waals surface area (Å²) in [6.07, 6.45) is -3.46. The Morgan fingerprint density at radius 1 is 1.35 bits per heavy atom. The zero-order valence-corrected chi connectivity index (χ0v) is 10.2. The van der Waals surface area contributed by atoms with Crippen LogP contribution in [0.4, 0.5) is 13.2 Å². The second-order valence-electron chi connectivity index (χ2n) is 4.48. The molecule has 1 aromatic heterocycles. The maximum absolute atomic E-state index is 12.3. The highest BCUT2D eigenvalue weighted by Crippen LogP contribution is 2.31. The molecule has 6 nitrogen and oxygen atoms in total. The van der Waals surface area contributed by atoms with Crippen molar-refractivity contribution in [2.75, 3.05) is 13.1 Å². The molecule has 0 unspecified atom stereocenters. The summed E-state index contributed by atoms with van der Waals surface area (Å²) in [4.78, 5) is 22.7. The lowest BCUT2D eigenvalue weighted by atomic mass is 9.91. The van der Waals surface area contributed by atoms with Crippen molar-refractivity contribution >= 4 is 11.9 Å². The summed E-state index contributed by atoms with van der Waals surface area (Å²) >= 11 is 0. The van der Waals surface area contributed by atoms with Gasteiger partial charge in [0.15, 0.2) is 0 Å². The van der Waals surface area contributed by atoms with Gasteiger partial charge in [-0.2, -0.15) is 13.2 Å². The highest BCUT2D eigenvalue weighted by Gasteiger charge is 2.43. The fourth-order valence-electron chi connectivity index (χ4n) is 2.24. The molecule has 0 aromatic carbocycles. The van der Waals surface area contributed by atoms with Crippen LogP contribution in [0.25, 0.3) is 0 Å². The number of aromatic nitrogens is 1. The van der Waals surface area contributed by atoms with E-state index in [1.807, 2.05) is 0 Å². The number of hydrogen-bond donors (Lipinski definition) is 1. The molecule has 1 saturated heterocycles. The fraction of sp³-hybridized carbons (Fsp3) is 0.545. The molecule has 0 atom stereocenters. The number of carbonyl (C=O) groups excluding carboxylic acids is 1. The second kappa shape index (κ2) is 5.14. The fourth-order valence-corrected chi connectivity index (χ4v) is 2.24. The first-order valence-corrected chi connectivity index (χ1v) is 5.84. The van der Waals surface area contributed by atoms with E-state index in [1.54, 1.807) is 0 Å². The number of carboxylic acids is 1. The van der Waals surface area contributed by atoms with Crippen LogP contribution >= 0.6 is 0 Å². The number of halogens is 3. The van der Waals surface area contributed by atoms with Gasteiger partial charge in [0.25, 0.3) is 0 Å². The monoisotopic (exact) mass is 292 g/mol. The van der Waals surface area contributed by atoms with E-state index in [0.717, 1.165) is 11.2 Å². The molecule has 0 radical (unpaired) electrons. The number of alkyl halides is 3. The van der Waals surface area contributed by atoms with Crippen LogP contribution in [-0.4, -0.2) is 46.3 Å². The lowest BCUT2D eigenvalue weighted by Gasteiger charge is -2.31. The molecular weight excluding hydrogens is 281 g/mol. The quantitative estimate of drug-likeness (QED) is 0.895. The minimum absolute atomic E-state index is 0.0884. The standard InChI is InChI=1S/C11H11F3N2O4/c12-11(13,14)10(19)16-3-1-6(2-4-16)8-7(9(17)18)5-20-15-8/h5-6H,1-4H2,(H,17,18). The number of rotatable bonds is 2. The van der Waals surface area contributed by atoms with Crippen molar-refractivity contribution in [1.29, 1.82) is 0 Å². The average molecular weight is 292 g/mol. The first-order valence-electron chi connectivity index (χ1n) is 5.84. The van der Waals surface area contributed by atoms with Gasteiger partial charge >= 0.3 is 18.1 Å². The van der Waals surface area contributed by atoms with Gasteiger partial charge in [0.2, 0.25) is 0 Å². The molecule has 2 rings (SSSR count). The molecule has 1 fully saturated rings. The predicted molar refractivity (Wildman–Crippen MR) is 58.1 cm³/mol. The van der Waals surface area contributed by atoms with Crippen LogP contribution in [0.3, 0.4) is 0 Å². The van der Waals surface area contributed by atoms with Crippen molar-refractivity contribution in [2.24, 2.45) is 0 Å². The Hall–Kier alpha value is -2.06. The van der Waals surface area contributed by atoms with Gasteiger partial charge in [0.05, 0.1) is 0 Å². The first-order chi connectivity index (χ1) is 9.30. The Kier molecular flexibility index (Phi) is 3.69. The summed E-state index contributed by atoms with van der Waals surface area (Å²) in [5, 5.41) is 12.5. The smallest absolute Gasteiger partial charge is 0.471 e. The molecule has 20 heavy (non-hydrogen) atoms. The molecule has 9 heteroatoms. The largest absolute Gasteiger partial charge is 0.478 e. The maximum Gasteiger partial charge on any atom is 0.471 e. The molecule has 1 N–H and O–H groups in total. The Labute approximate surface area is 111 Å². The number of aromatic carboxylic acids is 1. The summed E-state index contributed by atoms with van der Waals surface area (Å²) in [5.74, 6) is -3.39. The van der Waals surface area contributed by atoms with Crippen molar-refractivity contribution in [3.63, 3.8) is 0 Å². The summed E-state index contributed by atoms with van der Waals surface area (Å²) in [6.45, 7) is -0.177. The van der Waals surface area contributed by atoms with Crippen molar-refractivity contribution in [3.8, 4) is 0 Å². The molecule has 0 saturated carbocycles. The van der Waals surface area contributed by atoms with E-state index in [2.05, 4.69) is 9.68 Å². The molecule has 0 aliphatic carbocycles. The molecule has 0 spiro atoms. The lowest BCUT2D eigenvalue weighted by Crippen LogP contribution is -2.45. The summed E-state index contributed by atoms with van der Waals surface area (Å²) in [5.41, 5.74) is 0.127. The van der Waals surface area contributed by atoms with E-state index in [1.165, 1.54) is 0 Å². The minimum atomic E-state index is -4.88. The predicted octanol–water partition coefficient (Wildman–Crippen LogP) is 1.64. The number of nitrogens with zero attached hydrogens (tertiary/aromatic N) is 2. The van der Waals surface area contributed by atoms with Gasteiger partial charge in [-0.3, -0.25) is 4.79 Å². The van der Waals surface area contributed by atoms with E-state index in [9.17, 15) is 22.8 Å². The third-order valence-corrected chi connectivity index (χ3v) is 3.24. The van der Waals surface area contributed by atoms with Gasteiger partial charge in [0.1, 0.15) is 17.5 Å². The van der Waals surface area contributed by atoms with Crippen molar-refractivity contribution in [1.82, 2.24) is 10.1 Å². The Morgan fingerprint density at radius 2 is 1.95 bits per heavy atom. The number of carbonyl (C=O) groups is 2. The average Bonchev–Trinajstić information content (AvgIpc) is 2.86. The second-order valence-corrected chi connectivity index (χ2v) is 4.48. The number of likely N-dealkylation sites (tertiary alicyclic amines) is 1. The third-order valence-electron chi connectivity index (χ3n) is 3.24. The van der Waals surface area contributed by atoms with Gasteiger partial charge in [-0.1, -0.05) is 5.16 Å². The van der Waals surface area contributed by atoms with Crippen LogP contribution in [0, 0.1) is 0 Å². The van der Waals surface area contributed by atoms with E-state index in [0.29, 0.717) is 0 Å². The normalized spacial score (nSPS) is 17.2. The number of carboxylic acid groups (broad SMARTS) is 1. The van der Waals surface area contributed by atoms with Gasteiger partial charge in [-0.15, -0.1) is 0 Å². The van der Waals surface area contributed by atoms with E-state index >= 15 is 0 Å². The Balaban J connectivity index is 2.03. The Morgan fingerprint density at radius 3 is 2.45 bits per heavy atom. The summed E-state index contributed by atoms with van der Waals surface area (Å²) < 4.78 is 41.4. The van der Waals surface area contributed by atoms with Crippen molar-refractivity contribution in [2.45, 2.75) is 24.9 Å². The van der Waals surface area contributed by atoms with Crippen LogP contribution in [0.1, 0.15) is 34.8 Å². The van der Waals surface area contributed by atoms with Crippen LogP contribution in [0.15, 0.2) is 10.8 Å².